The van der Waals surface area contributed by atoms with E-state index in [1.54, 1.807) is 13.2 Å². The zero-order valence-electron chi connectivity index (χ0n) is 12.5. The summed E-state index contributed by atoms with van der Waals surface area (Å²) in [5.74, 6) is 0.825. The quantitative estimate of drug-likeness (QED) is 0.781. The second-order valence-electron chi connectivity index (χ2n) is 4.98. The summed E-state index contributed by atoms with van der Waals surface area (Å²) in [5.41, 5.74) is 0.896. The Hall–Kier alpha value is -1.33. The van der Waals surface area contributed by atoms with Crippen LogP contribution in [0.2, 0.25) is 0 Å². The average molecular weight is 353 g/mol. The highest BCUT2D eigenvalue weighted by molar-refractivity contribution is 9.10. The van der Waals surface area contributed by atoms with Crippen LogP contribution >= 0.6 is 15.9 Å². The van der Waals surface area contributed by atoms with E-state index in [-0.39, 0.29) is 5.91 Å². The summed E-state index contributed by atoms with van der Waals surface area (Å²) in [4.78, 5) is 16.5. The first-order chi connectivity index (χ1) is 10.1. The number of hydrogen-bond donors (Lipinski definition) is 0. The molecule has 21 heavy (non-hydrogen) atoms. The summed E-state index contributed by atoms with van der Waals surface area (Å²) in [7, 11) is 1.63. The summed E-state index contributed by atoms with van der Waals surface area (Å²) in [5, 5.41) is 0. The Labute approximate surface area is 134 Å². The number of ether oxygens (including phenoxy) is 1. The van der Waals surface area contributed by atoms with E-state index >= 15 is 0 Å². The number of rotatable bonds is 4. The van der Waals surface area contributed by atoms with Crippen LogP contribution in [0.4, 0.5) is 0 Å². The number of likely N-dealkylation sites (N-methyl/N-ethyl adjacent to an activating group) is 1. The third-order valence-electron chi connectivity index (χ3n) is 3.73. The van der Waals surface area contributed by atoms with Gasteiger partial charge in [0.05, 0.1) is 7.11 Å². The van der Waals surface area contributed by atoms with Gasteiger partial charge in [-0.25, -0.2) is 0 Å². The van der Waals surface area contributed by atoms with Gasteiger partial charge in [0, 0.05) is 42.3 Å². The van der Waals surface area contributed by atoms with Crippen molar-refractivity contribution in [3.05, 3.63) is 34.3 Å². The lowest BCUT2D eigenvalue weighted by Crippen LogP contribution is -2.48. The lowest BCUT2D eigenvalue weighted by Gasteiger charge is -2.33. The molecule has 1 aromatic carbocycles. The first kappa shape index (κ1) is 16.0. The van der Waals surface area contributed by atoms with Crippen LogP contribution in [-0.2, 0) is 4.79 Å². The number of carbonyl (C=O) groups excluding carboxylic acids is 1. The molecule has 4 nitrogen and oxygen atoms in total. The van der Waals surface area contributed by atoms with Gasteiger partial charge in [-0.15, -0.1) is 0 Å². The predicted octanol–water partition coefficient (Wildman–Crippen LogP) is 2.64. The van der Waals surface area contributed by atoms with Crippen LogP contribution in [0.1, 0.15) is 12.5 Å². The molecule has 1 fully saturated rings. The molecule has 0 aromatic heterocycles. The fraction of sp³-hybridized carbons (Fsp3) is 0.438. The Morgan fingerprint density at radius 3 is 2.67 bits per heavy atom. The van der Waals surface area contributed by atoms with Gasteiger partial charge in [0.2, 0.25) is 5.91 Å². The molecule has 0 unspecified atom stereocenters. The molecule has 0 aliphatic carbocycles. The van der Waals surface area contributed by atoms with Gasteiger partial charge in [-0.1, -0.05) is 22.9 Å². The van der Waals surface area contributed by atoms with Gasteiger partial charge in [-0.05, 0) is 30.8 Å². The minimum Gasteiger partial charge on any atom is -0.496 e. The molecule has 114 valence electrons. The van der Waals surface area contributed by atoms with Crippen molar-refractivity contribution in [3.63, 3.8) is 0 Å². The summed E-state index contributed by atoms with van der Waals surface area (Å²) in [6.07, 6.45) is 3.45. The average Bonchev–Trinajstić information content (AvgIpc) is 2.52. The van der Waals surface area contributed by atoms with Gasteiger partial charge in [0.15, 0.2) is 0 Å². The van der Waals surface area contributed by atoms with Gasteiger partial charge < -0.3 is 14.5 Å². The molecular formula is C16H21BrN2O2. The van der Waals surface area contributed by atoms with Crippen molar-refractivity contribution in [3.8, 4) is 5.75 Å². The van der Waals surface area contributed by atoms with Crippen LogP contribution in [0.5, 0.6) is 5.75 Å². The standard InChI is InChI=1S/C16H21BrN2O2/c1-3-18-8-10-19(11-9-18)16(20)7-4-13-12-14(17)5-6-15(13)21-2/h4-7,12H,3,8-11H2,1-2H3. The maximum Gasteiger partial charge on any atom is 0.246 e. The van der Waals surface area contributed by atoms with Gasteiger partial charge in [0.25, 0.3) is 0 Å². The third-order valence-corrected chi connectivity index (χ3v) is 4.22. The topological polar surface area (TPSA) is 32.8 Å². The van der Waals surface area contributed by atoms with Crippen molar-refractivity contribution in [2.24, 2.45) is 0 Å². The smallest absolute Gasteiger partial charge is 0.246 e. The molecule has 1 heterocycles. The molecule has 1 aliphatic heterocycles. The van der Waals surface area contributed by atoms with Crippen LogP contribution < -0.4 is 4.74 Å². The molecule has 0 radical (unpaired) electrons. The van der Waals surface area contributed by atoms with Crippen molar-refractivity contribution < 1.29 is 9.53 Å². The zero-order valence-corrected chi connectivity index (χ0v) is 14.1. The highest BCUT2D eigenvalue weighted by Gasteiger charge is 2.18. The predicted molar refractivity (Wildman–Crippen MR) is 88.4 cm³/mol. The van der Waals surface area contributed by atoms with Gasteiger partial charge in [-0.2, -0.15) is 0 Å². The van der Waals surface area contributed by atoms with Crippen LogP contribution in [0.3, 0.4) is 0 Å². The van der Waals surface area contributed by atoms with E-state index in [4.69, 9.17) is 4.74 Å². The molecule has 0 spiro atoms. The fourth-order valence-corrected chi connectivity index (χ4v) is 2.77. The number of methoxy groups -OCH3 is 1. The SMILES string of the molecule is CCN1CCN(C(=O)C=Cc2cc(Br)ccc2OC)CC1. The van der Waals surface area contributed by atoms with E-state index in [0.29, 0.717) is 0 Å². The van der Waals surface area contributed by atoms with E-state index in [0.717, 1.165) is 48.5 Å². The van der Waals surface area contributed by atoms with Crippen LogP contribution in [0.15, 0.2) is 28.7 Å². The molecule has 1 saturated heterocycles. The van der Waals surface area contributed by atoms with Gasteiger partial charge in [0.1, 0.15) is 5.75 Å². The van der Waals surface area contributed by atoms with E-state index in [1.807, 2.05) is 29.2 Å². The first-order valence-corrected chi connectivity index (χ1v) is 7.96. The Morgan fingerprint density at radius 2 is 2.05 bits per heavy atom. The van der Waals surface area contributed by atoms with Crippen molar-refractivity contribution in [2.75, 3.05) is 39.8 Å². The highest BCUT2D eigenvalue weighted by Crippen LogP contribution is 2.24. The largest absolute Gasteiger partial charge is 0.496 e. The van der Waals surface area contributed by atoms with Crippen molar-refractivity contribution in [2.45, 2.75) is 6.92 Å². The minimum absolute atomic E-state index is 0.0628. The zero-order chi connectivity index (χ0) is 15.2. The van der Waals surface area contributed by atoms with Gasteiger partial charge in [-0.3, -0.25) is 4.79 Å². The summed E-state index contributed by atoms with van der Waals surface area (Å²) < 4.78 is 6.27. The maximum atomic E-state index is 12.2. The molecule has 5 heteroatoms. The number of nitrogens with zero attached hydrogens (tertiary/aromatic N) is 2. The van der Waals surface area contributed by atoms with Crippen molar-refractivity contribution >= 4 is 27.9 Å². The summed E-state index contributed by atoms with van der Waals surface area (Å²) in [6, 6.07) is 5.74. The molecule has 0 bridgehead atoms. The highest BCUT2D eigenvalue weighted by atomic mass is 79.9. The van der Waals surface area contributed by atoms with Gasteiger partial charge >= 0.3 is 0 Å². The molecular weight excluding hydrogens is 332 g/mol. The van der Waals surface area contributed by atoms with Crippen LogP contribution in [0.25, 0.3) is 6.08 Å². The number of carbonyl (C=O) groups is 1. The van der Waals surface area contributed by atoms with Crippen molar-refractivity contribution in [1.82, 2.24) is 9.80 Å². The second-order valence-corrected chi connectivity index (χ2v) is 5.89. The van der Waals surface area contributed by atoms with E-state index in [2.05, 4.69) is 27.8 Å². The normalized spacial score (nSPS) is 16.4. The monoisotopic (exact) mass is 352 g/mol. The van der Waals surface area contributed by atoms with E-state index in [9.17, 15) is 4.79 Å². The lowest BCUT2D eigenvalue weighted by molar-refractivity contribution is -0.127. The maximum absolute atomic E-state index is 12.2. The Kier molecular flexibility index (Phi) is 5.82. The Balaban J connectivity index is 2.01. The lowest BCUT2D eigenvalue weighted by atomic mass is 10.2. The number of benzene rings is 1. The van der Waals surface area contributed by atoms with Crippen LogP contribution in [-0.4, -0.2) is 55.5 Å². The molecule has 1 amide bonds. The van der Waals surface area contributed by atoms with Crippen molar-refractivity contribution in [1.29, 1.82) is 0 Å². The summed E-state index contributed by atoms with van der Waals surface area (Å²) in [6.45, 7) is 6.70. The van der Waals surface area contributed by atoms with E-state index in [1.165, 1.54) is 0 Å². The molecule has 0 saturated carbocycles. The minimum atomic E-state index is 0.0628. The summed E-state index contributed by atoms with van der Waals surface area (Å²) >= 11 is 3.43. The Morgan fingerprint density at radius 1 is 1.33 bits per heavy atom. The first-order valence-electron chi connectivity index (χ1n) is 7.17. The number of hydrogen-bond acceptors (Lipinski definition) is 3. The number of piperazine rings is 1. The van der Waals surface area contributed by atoms with E-state index < -0.39 is 0 Å². The van der Waals surface area contributed by atoms with Crippen LogP contribution in [0, 0.1) is 0 Å². The number of amides is 1. The second kappa shape index (κ2) is 7.61. The molecule has 0 atom stereocenters. The molecule has 0 N–H and O–H groups in total. The molecule has 1 aliphatic rings. The third kappa shape index (κ3) is 4.32. The molecule has 2 rings (SSSR count). The fourth-order valence-electron chi connectivity index (χ4n) is 2.39. The Bertz CT molecular complexity index is 523. The number of halogens is 1. The molecule has 1 aromatic rings.